The van der Waals surface area contributed by atoms with Gasteiger partial charge < -0.3 is 19.5 Å². The molecule has 0 heterocycles. The van der Waals surface area contributed by atoms with Gasteiger partial charge in [-0.15, -0.1) is 0 Å². The van der Waals surface area contributed by atoms with Crippen LogP contribution in [0.25, 0.3) is 0 Å². The summed E-state index contributed by atoms with van der Waals surface area (Å²) in [6.45, 7) is 2.70. The second kappa shape index (κ2) is 13.6. The minimum absolute atomic E-state index is 0.208. The van der Waals surface area contributed by atoms with Crippen molar-refractivity contribution in [1.29, 1.82) is 0 Å². The molecule has 0 fully saturated rings. The van der Waals surface area contributed by atoms with E-state index in [1.165, 1.54) is 19.4 Å². The number of nitrogens with one attached hydrogen (secondary N) is 2. The van der Waals surface area contributed by atoms with Crippen LogP contribution in [0.2, 0.25) is 5.02 Å². The molecule has 37 heavy (non-hydrogen) atoms. The molecule has 0 aliphatic rings. The second-order valence-corrected chi connectivity index (χ2v) is 8.12. The summed E-state index contributed by atoms with van der Waals surface area (Å²) in [5.74, 6) is -1.23. The number of esters is 1. The SMILES string of the molecule is CCCCOc1ccc(C(=O)Oc2ccc(/C=N/NC(=O)C(=O)Nc3ccc(Cl)cc3)cc2OC)cc1. The number of rotatable bonds is 10. The number of hydrogen-bond donors (Lipinski definition) is 2. The normalized spacial score (nSPS) is 10.6. The molecule has 0 bridgehead atoms. The molecule has 3 aromatic carbocycles. The molecule has 0 radical (unpaired) electrons. The molecule has 3 rings (SSSR count). The lowest BCUT2D eigenvalue weighted by molar-refractivity contribution is -0.136. The minimum Gasteiger partial charge on any atom is -0.494 e. The molecule has 2 N–H and O–H groups in total. The Morgan fingerprint density at radius 1 is 0.946 bits per heavy atom. The average molecular weight is 524 g/mol. The molecule has 3 aromatic rings. The van der Waals surface area contributed by atoms with Crippen molar-refractivity contribution >= 4 is 41.3 Å². The van der Waals surface area contributed by atoms with Crippen molar-refractivity contribution in [2.24, 2.45) is 5.10 Å². The highest BCUT2D eigenvalue weighted by Crippen LogP contribution is 2.28. The first-order chi connectivity index (χ1) is 17.9. The first kappa shape index (κ1) is 27.2. The van der Waals surface area contributed by atoms with Gasteiger partial charge in [0.2, 0.25) is 0 Å². The number of anilines is 1. The van der Waals surface area contributed by atoms with Gasteiger partial charge >= 0.3 is 17.8 Å². The predicted molar refractivity (Wildman–Crippen MR) is 141 cm³/mol. The van der Waals surface area contributed by atoms with Crippen LogP contribution in [0.3, 0.4) is 0 Å². The summed E-state index contributed by atoms with van der Waals surface area (Å²) in [5.41, 5.74) is 3.45. The van der Waals surface area contributed by atoms with Crippen molar-refractivity contribution in [3.05, 3.63) is 82.9 Å². The van der Waals surface area contributed by atoms with Crippen molar-refractivity contribution in [3.8, 4) is 17.2 Å². The fourth-order valence-corrected chi connectivity index (χ4v) is 3.09. The van der Waals surface area contributed by atoms with E-state index in [4.69, 9.17) is 25.8 Å². The van der Waals surface area contributed by atoms with E-state index in [-0.39, 0.29) is 11.5 Å². The number of hydrazone groups is 1. The summed E-state index contributed by atoms with van der Waals surface area (Å²) in [6.07, 6.45) is 3.31. The minimum atomic E-state index is -0.953. The van der Waals surface area contributed by atoms with E-state index in [1.54, 1.807) is 60.7 Å². The van der Waals surface area contributed by atoms with Crippen LogP contribution in [0.4, 0.5) is 5.69 Å². The van der Waals surface area contributed by atoms with Crippen molar-refractivity contribution in [2.75, 3.05) is 19.0 Å². The highest BCUT2D eigenvalue weighted by atomic mass is 35.5. The Bertz CT molecular complexity index is 1260. The molecule has 0 saturated heterocycles. The van der Waals surface area contributed by atoms with Gasteiger partial charge in [-0.05, 0) is 78.7 Å². The lowest BCUT2D eigenvalue weighted by Crippen LogP contribution is -2.32. The lowest BCUT2D eigenvalue weighted by Gasteiger charge is -2.10. The van der Waals surface area contributed by atoms with E-state index in [9.17, 15) is 14.4 Å². The number of amides is 2. The zero-order valence-electron chi connectivity index (χ0n) is 20.3. The maximum absolute atomic E-state index is 12.6. The zero-order valence-corrected chi connectivity index (χ0v) is 21.1. The maximum atomic E-state index is 12.6. The fourth-order valence-electron chi connectivity index (χ4n) is 2.97. The Kier molecular flexibility index (Phi) is 10.0. The summed E-state index contributed by atoms with van der Waals surface area (Å²) >= 11 is 5.80. The van der Waals surface area contributed by atoms with Crippen LogP contribution >= 0.6 is 11.6 Å². The third kappa shape index (κ3) is 8.36. The van der Waals surface area contributed by atoms with Gasteiger partial charge in [-0.1, -0.05) is 24.9 Å². The molecule has 0 saturated carbocycles. The van der Waals surface area contributed by atoms with Crippen LogP contribution in [-0.2, 0) is 9.59 Å². The number of hydrogen-bond acceptors (Lipinski definition) is 7. The van der Waals surface area contributed by atoms with Gasteiger partial charge in [0.05, 0.1) is 25.5 Å². The van der Waals surface area contributed by atoms with Crippen LogP contribution in [0.1, 0.15) is 35.7 Å². The van der Waals surface area contributed by atoms with E-state index in [0.717, 1.165) is 12.8 Å². The smallest absolute Gasteiger partial charge is 0.343 e. The summed E-state index contributed by atoms with van der Waals surface area (Å²) < 4.78 is 16.4. The van der Waals surface area contributed by atoms with Crippen molar-refractivity contribution < 1.29 is 28.6 Å². The van der Waals surface area contributed by atoms with Gasteiger partial charge in [0, 0.05) is 10.7 Å². The van der Waals surface area contributed by atoms with Gasteiger partial charge in [-0.2, -0.15) is 5.10 Å². The quantitative estimate of drug-likeness (QED) is 0.0981. The van der Waals surface area contributed by atoms with Gasteiger partial charge in [0.25, 0.3) is 0 Å². The van der Waals surface area contributed by atoms with Crippen LogP contribution in [0.5, 0.6) is 17.2 Å². The highest BCUT2D eigenvalue weighted by molar-refractivity contribution is 6.39. The van der Waals surface area contributed by atoms with E-state index in [2.05, 4.69) is 22.8 Å². The lowest BCUT2D eigenvalue weighted by atomic mass is 10.2. The molecule has 0 aliphatic carbocycles. The highest BCUT2D eigenvalue weighted by Gasteiger charge is 2.14. The van der Waals surface area contributed by atoms with Gasteiger partial charge in [0.15, 0.2) is 11.5 Å². The number of unbranched alkanes of at least 4 members (excludes halogenated alkanes) is 1. The van der Waals surface area contributed by atoms with Crippen molar-refractivity contribution in [3.63, 3.8) is 0 Å². The second-order valence-electron chi connectivity index (χ2n) is 7.69. The molecule has 2 amide bonds. The van der Waals surface area contributed by atoms with Gasteiger partial charge in [0.1, 0.15) is 5.75 Å². The topological polar surface area (TPSA) is 115 Å². The number of methoxy groups -OCH3 is 1. The van der Waals surface area contributed by atoms with Crippen LogP contribution in [0, 0.1) is 0 Å². The monoisotopic (exact) mass is 523 g/mol. The number of carbonyl (C=O) groups excluding carboxylic acids is 3. The summed E-state index contributed by atoms with van der Waals surface area (Å²) in [5, 5.41) is 6.72. The van der Waals surface area contributed by atoms with E-state index in [1.807, 2.05) is 0 Å². The molecular formula is C27H26ClN3O6. The first-order valence-corrected chi connectivity index (χ1v) is 11.8. The summed E-state index contributed by atoms with van der Waals surface area (Å²) in [4.78, 5) is 36.5. The maximum Gasteiger partial charge on any atom is 0.343 e. The van der Waals surface area contributed by atoms with Crippen LogP contribution in [-0.4, -0.2) is 37.7 Å². The number of carbonyl (C=O) groups is 3. The molecular weight excluding hydrogens is 498 g/mol. The molecule has 192 valence electrons. The van der Waals surface area contributed by atoms with Crippen molar-refractivity contribution in [1.82, 2.24) is 5.43 Å². The van der Waals surface area contributed by atoms with Crippen molar-refractivity contribution in [2.45, 2.75) is 19.8 Å². The molecule has 0 atom stereocenters. The van der Waals surface area contributed by atoms with Gasteiger partial charge in [-0.25, -0.2) is 10.2 Å². The third-order valence-electron chi connectivity index (χ3n) is 4.94. The Labute approximate surface area is 219 Å². The average Bonchev–Trinajstić information content (AvgIpc) is 2.91. The molecule has 0 aromatic heterocycles. The number of benzene rings is 3. The van der Waals surface area contributed by atoms with E-state index in [0.29, 0.717) is 34.2 Å². The molecule has 0 unspecified atom stereocenters. The molecule has 9 nitrogen and oxygen atoms in total. The molecule has 0 aliphatic heterocycles. The Morgan fingerprint density at radius 2 is 1.68 bits per heavy atom. The predicted octanol–water partition coefficient (Wildman–Crippen LogP) is 4.84. The zero-order chi connectivity index (χ0) is 26.6. The number of ether oxygens (including phenoxy) is 3. The largest absolute Gasteiger partial charge is 0.494 e. The van der Waals surface area contributed by atoms with E-state index < -0.39 is 17.8 Å². The Hall–Kier alpha value is -4.37. The Morgan fingerprint density at radius 3 is 2.35 bits per heavy atom. The van der Waals surface area contributed by atoms with Gasteiger partial charge in [-0.3, -0.25) is 9.59 Å². The molecule has 10 heteroatoms. The first-order valence-electron chi connectivity index (χ1n) is 11.4. The van der Waals surface area contributed by atoms with E-state index >= 15 is 0 Å². The number of nitrogens with zero attached hydrogens (tertiary/aromatic N) is 1. The fraction of sp³-hybridized carbons (Fsp3) is 0.185. The summed E-state index contributed by atoms with van der Waals surface area (Å²) in [7, 11) is 1.43. The third-order valence-corrected chi connectivity index (χ3v) is 5.19. The summed E-state index contributed by atoms with van der Waals surface area (Å²) in [6, 6.07) is 17.7. The Balaban J connectivity index is 1.56. The van der Waals surface area contributed by atoms with Crippen LogP contribution < -0.4 is 25.0 Å². The number of halogens is 1. The molecule has 0 spiro atoms. The standard InChI is InChI=1S/C27H26ClN3O6/c1-3-4-15-36-22-12-6-19(7-13-22)27(34)37-23-14-5-18(16-24(23)35-2)17-29-31-26(33)25(32)30-21-10-8-20(28)9-11-21/h5-14,16-17H,3-4,15H2,1-2H3,(H,30,32)(H,31,33)/b29-17+. The van der Waals surface area contributed by atoms with Crippen LogP contribution in [0.15, 0.2) is 71.8 Å².